The average Bonchev–Trinajstić information content (AvgIpc) is 3.35. The van der Waals surface area contributed by atoms with Crippen molar-refractivity contribution in [3.63, 3.8) is 0 Å². The minimum Gasteiger partial charge on any atom is -0.383 e. The topological polar surface area (TPSA) is 61.9 Å². The van der Waals surface area contributed by atoms with Crippen LogP contribution in [0.1, 0.15) is 10.4 Å². The quantitative estimate of drug-likeness (QED) is 0.382. The van der Waals surface area contributed by atoms with E-state index in [0.29, 0.717) is 31.9 Å². The van der Waals surface area contributed by atoms with Crippen LogP contribution in [0.2, 0.25) is 0 Å². The molecule has 0 radical (unpaired) electrons. The van der Waals surface area contributed by atoms with Crippen LogP contribution in [-0.4, -0.2) is 54.8 Å². The molecule has 2 aromatic carbocycles. The number of thioether (sulfide) groups is 1. The average molecular weight is 484 g/mol. The second-order valence-electron chi connectivity index (χ2n) is 7.39. The van der Waals surface area contributed by atoms with E-state index in [1.165, 1.54) is 4.90 Å². The minimum atomic E-state index is -0.326. The first-order valence-corrected chi connectivity index (χ1v) is 12.7. The second kappa shape index (κ2) is 13.0. The van der Waals surface area contributed by atoms with Crippen molar-refractivity contribution in [1.29, 1.82) is 0 Å². The van der Waals surface area contributed by atoms with Crippen molar-refractivity contribution in [1.82, 2.24) is 9.80 Å². The van der Waals surface area contributed by atoms with E-state index in [1.54, 1.807) is 35.1 Å². The van der Waals surface area contributed by atoms with E-state index in [9.17, 15) is 9.59 Å². The van der Waals surface area contributed by atoms with E-state index in [2.05, 4.69) is 5.32 Å². The van der Waals surface area contributed by atoms with Gasteiger partial charge in [0.1, 0.15) is 6.54 Å². The second-order valence-corrected chi connectivity index (χ2v) is 9.30. The molecule has 3 rings (SSSR count). The number of hydrogen-bond donors (Lipinski definition) is 1. The zero-order valence-corrected chi connectivity index (χ0v) is 20.5. The monoisotopic (exact) mass is 483 g/mol. The van der Waals surface area contributed by atoms with Crippen molar-refractivity contribution in [3.05, 3.63) is 82.6 Å². The van der Waals surface area contributed by atoms with Crippen LogP contribution in [-0.2, 0) is 22.6 Å². The van der Waals surface area contributed by atoms with Crippen molar-refractivity contribution in [2.24, 2.45) is 0 Å². The fourth-order valence-electron chi connectivity index (χ4n) is 3.22. The van der Waals surface area contributed by atoms with Crippen molar-refractivity contribution in [2.45, 2.75) is 18.0 Å². The minimum absolute atomic E-state index is 0.0315. The summed E-state index contributed by atoms with van der Waals surface area (Å²) >= 11 is 3.25. The Morgan fingerprint density at radius 3 is 2.36 bits per heavy atom. The van der Waals surface area contributed by atoms with Crippen LogP contribution in [0.25, 0.3) is 0 Å². The SMILES string of the molecule is COCCN(CC(=O)N(Cc1ccccc1)Cc1cccs1)C(=O)Nc1ccc(SC)cc1. The molecular weight excluding hydrogens is 454 g/mol. The Morgan fingerprint density at radius 2 is 1.73 bits per heavy atom. The Bertz CT molecular complexity index is 996. The summed E-state index contributed by atoms with van der Waals surface area (Å²) in [5.74, 6) is -0.115. The van der Waals surface area contributed by atoms with Crippen molar-refractivity contribution >= 4 is 40.7 Å². The summed E-state index contributed by atoms with van der Waals surface area (Å²) in [7, 11) is 1.58. The highest BCUT2D eigenvalue weighted by Gasteiger charge is 2.22. The molecule has 0 aliphatic carbocycles. The van der Waals surface area contributed by atoms with Crippen LogP contribution in [0, 0.1) is 0 Å². The predicted octanol–water partition coefficient (Wildman–Crippen LogP) is 5.18. The molecule has 6 nitrogen and oxygen atoms in total. The van der Waals surface area contributed by atoms with Crippen LogP contribution < -0.4 is 5.32 Å². The van der Waals surface area contributed by atoms with Crippen molar-refractivity contribution < 1.29 is 14.3 Å². The summed E-state index contributed by atoms with van der Waals surface area (Å²) in [6.07, 6.45) is 2.00. The number of rotatable bonds is 11. The molecule has 33 heavy (non-hydrogen) atoms. The van der Waals surface area contributed by atoms with Gasteiger partial charge in [0.15, 0.2) is 0 Å². The molecule has 0 aliphatic heterocycles. The number of ether oxygens (including phenoxy) is 1. The van der Waals surface area contributed by atoms with Gasteiger partial charge in [0.2, 0.25) is 5.91 Å². The van der Waals surface area contributed by atoms with E-state index < -0.39 is 0 Å². The van der Waals surface area contributed by atoms with Gasteiger partial charge in [-0.2, -0.15) is 0 Å². The molecule has 0 atom stereocenters. The smallest absolute Gasteiger partial charge is 0.322 e. The lowest BCUT2D eigenvalue weighted by Gasteiger charge is -2.27. The third-order valence-corrected chi connectivity index (χ3v) is 6.62. The highest BCUT2D eigenvalue weighted by molar-refractivity contribution is 7.98. The first kappa shape index (κ1) is 24.8. The molecule has 0 saturated heterocycles. The molecule has 1 N–H and O–H groups in total. The molecule has 174 valence electrons. The number of carbonyl (C=O) groups is 2. The van der Waals surface area contributed by atoms with Gasteiger partial charge in [-0.15, -0.1) is 23.1 Å². The van der Waals surface area contributed by atoms with Gasteiger partial charge in [0.05, 0.1) is 13.2 Å². The zero-order valence-electron chi connectivity index (χ0n) is 18.9. The number of methoxy groups -OCH3 is 1. The van der Waals surface area contributed by atoms with Gasteiger partial charge >= 0.3 is 6.03 Å². The first-order valence-electron chi connectivity index (χ1n) is 10.6. The Morgan fingerprint density at radius 1 is 0.970 bits per heavy atom. The standard InChI is InChI=1S/C25H29N3O3S2/c1-31-15-14-27(25(30)26-21-10-12-22(32-2)13-11-21)19-24(29)28(18-23-9-6-16-33-23)17-20-7-4-3-5-8-20/h3-13,16H,14-15,17-19H2,1-2H3,(H,26,30). The molecule has 0 saturated carbocycles. The Hall–Kier alpha value is -2.81. The molecule has 0 unspecified atom stereocenters. The van der Waals surface area contributed by atoms with E-state index in [0.717, 1.165) is 15.3 Å². The number of urea groups is 1. The highest BCUT2D eigenvalue weighted by Crippen LogP contribution is 2.18. The van der Waals surface area contributed by atoms with Crippen molar-refractivity contribution in [2.75, 3.05) is 38.4 Å². The zero-order chi connectivity index (χ0) is 23.5. The lowest BCUT2D eigenvalue weighted by atomic mass is 10.2. The fourth-order valence-corrected chi connectivity index (χ4v) is 4.35. The van der Waals surface area contributed by atoms with Gasteiger partial charge in [0.25, 0.3) is 0 Å². The fraction of sp³-hybridized carbons (Fsp3) is 0.280. The van der Waals surface area contributed by atoms with Gasteiger partial charge in [-0.25, -0.2) is 4.79 Å². The Kier molecular flexibility index (Phi) is 9.80. The Balaban J connectivity index is 1.71. The van der Waals surface area contributed by atoms with E-state index in [4.69, 9.17) is 4.74 Å². The molecule has 0 bridgehead atoms. The molecule has 1 heterocycles. The van der Waals surface area contributed by atoms with Crippen LogP contribution in [0.15, 0.2) is 77.0 Å². The number of nitrogens with zero attached hydrogens (tertiary/aromatic N) is 2. The van der Waals surface area contributed by atoms with Crippen LogP contribution in [0.5, 0.6) is 0 Å². The van der Waals surface area contributed by atoms with Crippen LogP contribution in [0.3, 0.4) is 0 Å². The lowest BCUT2D eigenvalue weighted by Crippen LogP contribution is -2.45. The maximum atomic E-state index is 13.4. The number of amides is 3. The number of thiophene rings is 1. The van der Waals surface area contributed by atoms with E-state index in [-0.39, 0.29) is 18.5 Å². The molecule has 8 heteroatoms. The van der Waals surface area contributed by atoms with Gasteiger partial charge in [-0.1, -0.05) is 36.4 Å². The third-order valence-electron chi connectivity index (χ3n) is 5.02. The van der Waals surface area contributed by atoms with Gasteiger partial charge < -0.3 is 19.9 Å². The molecule has 0 spiro atoms. The third kappa shape index (κ3) is 7.92. The normalized spacial score (nSPS) is 10.6. The van der Waals surface area contributed by atoms with Crippen LogP contribution in [0.4, 0.5) is 10.5 Å². The number of nitrogens with one attached hydrogen (secondary N) is 1. The molecule has 1 aromatic heterocycles. The number of anilines is 1. The van der Waals surface area contributed by atoms with Gasteiger partial charge in [-0.05, 0) is 47.5 Å². The number of benzene rings is 2. The molecule has 3 amide bonds. The summed E-state index contributed by atoms with van der Waals surface area (Å²) in [5.41, 5.74) is 1.73. The summed E-state index contributed by atoms with van der Waals surface area (Å²) in [6.45, 7) is 1.61. The molecular formula is C25H29N3O3S2. The molecule has 3 aromatic rings. The largest absolute Gasteiger partial charge is 0.383 e. The first-order chi connectivity index (χ1) is 16.1. The maximum absolute atomic E-state index is 13.4. The summed E-state index contributed by atoms with van der Waals surface area (Å²) < 4.78 is 5.18. The number of hydrogen-bond acceptors (Lipinski definition) is 5. The summed E-state index contributed by atoms with van der Waals surface area (Å²) in [4.78, 5) is 31.9. The summed E-state index contributed by atoms with van der Waals surface area (Å²) in [6, 6.07) is 21.2. The number of carbonyl (C=O) groups excluding carboxylic acids is 2. The van der Waals surface area contributed by atoms with E-state index in [1.807, 2.05) is 78.4 Å². The van der Waals surface area contributed by atoms with E-state index >= 15 is 0 Å². The van der Waals surface area contributed by atoms with Gasteiger partial charge in [0, 0.05) is 35.7 Å². The lowest BCUT2D eigenvalue weighted by molar-refractivity contribution is -0.133. The van der Waals surface area contributed by atoms with Crippen LogP contribution >= 0.6 is 23.1 Å². The Labute approximate surface area is 203 Å². The molecule has 0 aliphatic rings. The maximum Gasteiger partial charge on any atom is 0.322 e. The predicted molar refractivity (Wildman–Crippen MR) is 136 cm³/mol. The van der Waals surface area contributed by atoms with Crippen molar-refractivity contribution in [3.8, 4) is 0 Å². The van der Waals surface area contributed by atoms with Gasteiger partial charge in [-0.3, -0.25) is 4.79 Å². The molecule has 0 fully saturated rings. The summed E-state index contributed by atoms with van der Waals surface area (Å²) in [5, 5.41) is 4.90. The highest BCUT2D eigenvalue weighted by atomic mass is 32.2.